The molecule has 0 saturated heterocycles. The van der Waals surface area contributed by atoms with Crippen LogP contribution in [0.1, 0.15) is 20.3 Å². The van der Waals surface area contributed by atoms with Crippen molar-refractivity contribution in [3.8, 4) is 0 Å². The van der Waals surface area contributed by atoms with E-state index < -0.39 is 15.3 Å². The van der Waals surface area contributed by atoms with Crippen molar-refractivity contribution in [1.29, 1.82) is 0 Å². The minimum Gasteiger partial charge on any atom is -0.395 e. The molecule has 0 amide bonds. The van der Waals surface area contributed by atoms with Gasteiger partial charge in [0.1, 0.15) is 0 Å². The molecule has 1 atom stereocenters. The first kappa shape index (κ1) is 13.6. The van der Waals surface area contributed by atoms with Crippen molar-refractivity contribution in [3.05, 3.63) is 12.7 Å². The summed E-state index contributed by atoms with van der Waals surface area (Å²) in [6.45, 7) is 7.36. The molecule has 0 aromatic rings. The monoisotopic (exact) mass is 221 g/mol. The third-order valence-corrected chi connectivity index (χ3v) is 4.15. The largest absolute Gasteiger partial charge is 0.395 e. The number of aliphatic hydroxyl groups excluding tert-OH is 1. The molecule has 1 N–H and O–H groups in total. The molecule has 0 aromatic heterocycles. The quantitative estimate of drug-likeness (QED) is 0.640. The Balaban J connectivity index is 4.70. The van der Waals surface area contributed by atoms with Crippen LogP contribution in [0.2, 0.25) is 0 Å². The number of hydrogen-bond donors (Lipinski definition) is 1. The Morgan fingerprint density at radius 3 is 2.50 bits per heavy atom. The maximum atomic E-state index is 11.8. The molecule has 0 bridgehead atoms. The smallest absolute Gasteiger partial charge is 0.219 e. The van der Waals surface area contributed by atoms with Crippen LogP contribution in [0.4, 0.5) is 0 Å². The lowest BCUT2D eigenvalue weighted by atomic mass is 10.5. The number of nitrogens with zero attached hydrogens (tertiary/aromatic N) is 1. The van der Waals surface area contributed by atoms with Crippen LogP contribution in [0.3, 0.4) is 0 Å². The van der Waals surface area contributed by atoms with Gasteiger partial charge in [-0.1, -0.05) is 13.0 Å². The van der Waals surface area contributed by atoms with Crippen LogP contribution in [0.5, 0.6) is 0 Å². The summed E-state index contributed by atoms with van der Waals surface area (Å²) < 4.78 is 24.9. The second kappa shape index (κ2) is 6.16. The summed E-state index contributed by atoms with van der Waals surface area (Å²) in [6, 6.07) is 0. The van der Waals surface area contributed by atoms with Crippen LogP contribution in [0.15, 0.2) is 12.7 Å². The molecule has 0 aliphatic rings. The van der Waals surface area contributed by atoms with Crippen LogP contribution in [0.25, 0.3) is 0 Å². The van der Waals surface area contributed by atoms with E-state index in [1.807, 2.05) is 6.92 Å². The van der Waals surface area contributed by atoms with Crippen molar-refractivity contribution < 1.29 is 13.5 Å². The molecule has 84 valence electrons. The molecule has 0 radical (unpaired) electrons. The van der Waals surface area contributed by atoms with E-state index >= 15 is 0 Å². The van der Waals surface area contributed by atoms with E-state index in [-0.39, 0.29) is 6.61 Å². The molecule has 4 nitrogen and oxygen atoms in total. The molecule has 1 unspecified atom stereocenters. The van der Waals surface area contributed by atoms with Crippen LogP contribution in [-0.2, 0) is 10.0 Å². The summed E-state index contributed by atoms with van der Waals surface area (Å²) in [5.74, 6) is 0. The zero-order valence-corrected chi connectivity index (χ0v) is 9.63. The van der Waals surface area contributed by atoms with Gasteiger partial charge in [0.25, 0.3) is 0 Å². The van der Waals surface area contributed by atoms with Gasteiger partial charge in [0.05, 0.1) is 11.9 Å². The van der Waals surface area contributed by atoms with Crippen LogP contribution in [-0.4, -0.2) is 42.8 Å². The number of sulfonamides is 1. The molecule has 0 heterocycles. The fourth-order valence-corrected chi connectivity index (χ4v) is 2.51. The van der Waals surface area contributed by atoms with E-state index in [1.54, 1.807) is 6.08 Å². The van der Waals surface area contributed by atoms with Crippen molar-refractivity contribution in [2.75, 3.05) is 19.7 Å². The SMILES string of the molecule is C=CCN(CCC)S(=O)(=O)C(C)CO. The predicted molar refractivity (Wildman–Crippen MR) is 57.5 cm³/mol. The molecule has 0 saturated carbocycles. The Hall–Kier alpha value is -0.390. The molecule has 14 heavy (non-hydrogen) atoms. The van der Waals surface area contributed by atoms with E-state index in [2.05, 4.69) is 6.58 Å². The van der Waals surface area contributed by atoms with Gasteiger partial charge in [-0.05, 0) is 13.3 Å². The zero-order chi connectivity index (χ0) is 11.2. The van der Waals surface area contributed by atoms with Gasteiger partial charge in [-0.3, -0.25) is 0 Å². The first-order chi connectivity index (χ1) is 6.50. The fraction of sp³-hybridized carbons (Fsp3) is 0.778. The lowest BCUT2D eigenvalue weighted by Crippen LogP contribution is -2.39. The Labute approximate surface area is 86.3 Å². The van der Waals surface area contributed by atoms with Gasteiger partial charge in [-0.2, -0.15) is 4.31 Å². The Kier molecular flexibility index (Phi) is 5.99. The minimum absolute atomic E-state index is 0.306. The predicted octanol–water partition coefficient (Wildman–Crippen LogP) is 0.595. The molecular formula is C9H19NO3S. The van der Waals surface area contributed by atoms with E-state index in [0.29, 0.717) is 13.1 Å². The second-order valence-electron chi connectivity index (χ2n) is 3.18. The summed E-state index contributed by atoms with van der Waals surface area (Å²) in [5.41, 5.74) is 0. The van der Waals surface area contributed by atoms with Gasteiger partial charge in [0.15, 0.2) is 0 Å². The molecule has 0 fully saturated rings. The summed E-state index contributed by atoms with van der Waals surface area (Å²) in [4.78, 5) is 0. The van der Waals surface area contributed by atoms with Crippen molar-refractivity contribution in [1.82, 2.24) is 4.31 Å². The highest BCUT2D eigenvalue weighted by Gasteiger charge is 2.26. The van der Waals surface area contributed by atoms with Crippen molar-refractivity contribution >= 4 is 10.0 Å². The third kappa shape index (κ3) is 3.40. The van der Waals surface area contributed by atoms with Gasteiger partial charge in [-0.15, -0.1) is 6.58 Å². The first-order valence-electron chi connectivity index (χ1n) is 4.71. The van der Waals surface area contributed by atoms with Crippen molar-refractivity contribution in [3.63, 3.8) is 0 Å². The molecular weight excluding hydrogens is 202 g/mol. The molecule has 0 aliphatic carbocycles. The van der Waals surface area contributed by atoms with Gasteiger partial charge in [0.2, 0.25) is 10.0 Å². The van der Waals surface area contributed by atoms with Gasteiger partial charge < -0.3 is 5.11 Å². The van der Waals surface area contributed by atoms with Crippen LogP contribution >= 0.6 is 0 Å². The van der Waals surface area contributed by atoms with E-state index in [4.69, 9.17) is 5.11 Å². The highest BCUT2D eigenvalue weighted by atomic mass is 32.2. The van der Waals surface area contributed by atoms with Crippen molar-refractivity contribution in [2.45, 2.75) is 25.5 Å². The van der Waals surface area contributed by atoms with Gasteiger partial charge in [0, 0.05) is 13.1 Å². The first-order valence-corrected chi connectivity index (χ1v) is 6.21. The fourth-order valence-electron chi connectivity index (χ4n) is 1.06. The molecule has 5 heteroatoms. The highest BCUT2D eigenvalue weighted by molar-refractivity contribution is 7.89. The van der Waals surface area contributed by atoms with E-state index in [9.17, 15) is 8.42 Å². The molecule has 0 aromatic carbocycles. The van der Waals surface area contributed by atoms with E-state index in [1.165, 1.54) is 11.2 Å². The summed E-state index contributed by atoms with van der Waals surface area (Å²) in [7, 11) is -3.36. The summed E-state index contributed by atoms with van der Waals surface area (Å²) in [6.07, 6.45) is 2.31. The van der Waals surface area contributed by atoms with Gasteiger partial charge in [-0.25, -0.2) is 8.42 Å². The third-order valence-electron chi connectivity index (χ3n) is 1.93. The minimum atomic E-state index is -3.36. The zero-order valence-electron chi connectivity index (χ0n) is 8.81. The lowest BCUT2D eigenvalue weighted by molar-refractivity contribution is 0.289. The summed E-state index contributed by atoms with van der Waals surface area (Å²) in [5, 5.41) is 8.08. The standard InChI is InChI=1S/C9H19NO3S/c1-4-6-10(7-5-2)14(12,13)9(3)8-11/h4,9,11H,1,5-8H2,2-3H3. The Morgan fingerprint density at radius 2 is 2.14 bits per heavy atom. The normalized spacial score (nSPS) is 14.3. The van der Waals surface area contributed by atoms with Crippen LogP contribution in [0, 0.1) is 0 Å². The second-order valence-corrected chi connectivity index (χ2v) is 5.54. The molecule has 0 aliphatic heterocycles. The maximum absolute atomic E-state index is 11.8. The Bertz CT molecular complexity index is 261. The Morgan fingerprint density at radius 1 is 1.57 bits per heavy atom. The lowest BCUT2D eigenvalue weighted by Gasteiger charge is -2.23. The average molecular weight is 221 g/mol. The van der Waals surface area contributed by atoms with Crippen molar-refractivity contribution in [2.24, 2.45) is 0 Å². The number of aliphatic hydroxyl groups is 1. The summed E-state index contributed by atoms with van der Waals surface area (Å²) >= 11 is 0. The molecule has 0 spiro atoms. The number of rotatable bonds is 7. The topological polar surface area (TPSA) is 57.6 Å². The highest BCUT2D eigenvalue weighted by Crippen LogP contribution is 2.09. The number of hydrogen-bond acceptors (Lipinski definition) is 3. The average Bonchev–Trinajstić information content (AvgIpc) is 2.16. The molecule has 0 rings (SSSR count). The van der Waals surface area contributed by atoms with E-state index in [0.717, 1.165) is 6.42 Å². The van der Waals surface area contributed by atoms with Crippen LogP contribution < -0.4 is 0 Å². The van der Waals surface area contributed by atoms with Gasteiger partial charge >= 0.3 is 0 Å². The maximum Gasteiger partial charge on any atom is 0.219 e.